The molecule has 1 N–H and O–H groups in total. The smallest absolute Gasteiger partial charge is 0.421 e. The number of carbonyl (C=O) groups excluding carboxylic acids is 1. The number of piperazine rings is 1. The number of aryl methyl sites for hydroxylation is 1. The maximum atomic E-state index is 13.5. The van der Waals surface area contributed by atoms with Gasteiger partial charge in [0.1, 0.15) is 10.7 Å². The number of unbranched alkanes of at least 4 members (excludes halogenated alkanes) is 1. The largest absolute Gasteiger partial charge is 0.449 e. The Balaban J connectivity index is 1.52. The molecule has 2 aromatic carbocycles. The van der Waals surface area contributed by atoms with E-state index in [0.717, 1.165) is 35.4 Å². The van der Waals surface area contributed by atoms with Crippen LogP contribution >= 0.6 is 0 Å². The van der Waals surface area contributed by atoms with E-state index >= 15 is 0 Å². The Hall–Kier alpha value is -3.32. The molecule has 1 aliphatic rings. The number of benzene rings is 2. The van der Waals surface area contributed by atoms with E-state index < -0.39 is 32.8 Å². The highest BCUT2D eigenvalue weighted by Crippen LogP contribution is 2.35. The molecule has 0 atom stereocenters. The molecule has 0 bridgehead atoms. The van der Waals surface area contributed by atoms with Gasteiger partial charge in [-0.1, -0.05) is 25.5 Å². The molecule has 2 heterocycles. The Morgan fingerprint density at radius 1 is 1.11 bits per heavy atom. The van der Waals surface area contributed by atoms with Crippen LogP contribution in [0.5, 0.6) is 0 Å². The van der Waals surface area contributed by atoms with Gasteiger partial charge in [-0.25, -0.2) is 22.9 Å². The summed E-state index contributed by atoms with van der Waals surface area (Å²) in [5, 5.41) is 0. The van der Waals surface area contributed by atoms with Crippen molar-refractivity contribution in [2.24, 2.45) is 7.05 Å². The Morgan fingerprint density at radius 2 is 1.82 bits per heavy atom. The number of nitrogens with one attached hydrogen (secondary N) is 1. The molecule has 9 nitrogen and oxygen atoms in total. The van der Waals surface area contributed by atoms with Gasteiger partial charge in [-0.2, -0.15) is 13.2 Å². The van der Waals surface area contributed by atoms with Crippen LogP contribution in [0.3, 0.4) is 0 Å². The van der Waals surface area contributed by atoms with Crippen molar-refractivity contribution in [3.63, 3.8) is 0 Å². The number of amides is 1. The summed E-state index contributed by atoms with van der Waals surface area (Å²) in [7, 11) is -2.55. The molecule has 38 heavy (non-hydrogen) atoms. The number of sulfonamides is 1. The van der Waals surface area contributed by atoms with Crippen molar-refractivity contribution in [1.29, 1.82) is 0 Å². The molecule has 0 spiro atoms. The number of ether oxygens (including phenoxy) is 1. The van der Waals surface area contributed by atoms with E-state index in [1.807, 2.05) is 47.5 Å². The standard InChI is InChI=1S/C25H30F3N5O4S/c1-3-4-15-37-24(34)30-38(35,36)22-10-9-18(25(26,27)28)16-21(22)33-13-11-32(12-14-33)17-23-29-19-7-5-6-8-20(19)31(23)2/h5-10,16H,3-4,11-15,17H2,1-2H3,(H,30,34). The molecule has 1 aromatic heterocycles. The van der Waals surface area contributed by atoms with Crippen LogP contribution in [0.25, 0.3) is 11.0 Å². The minimum atomic E-state index is -4.66. The number of rotatable bonds is 8. The number of aromatic nitrogens is 2. The number of fused-ring (bicyclic) bond motifs is 1. The summed E-state index contributed by atoms with van der Waals surface area (Å²) in [4.78, 5) is 20.0. The first-order valence-electron chi connectivity index (χ1n) is 12.3. The van der Waals surface area contributed by atoms with Crippen LogP contribution < -0.4 is 9.62 Å². The van der Waals surface area contributed by atoms with Crippen molar-refractivity contribution in [3.05, 3.63) is 53.9 Å². The van der Waals surface area contributed by atoms with Gasteiger partial charge in [-0.3, -0.25) is 4.90 Å². The van der Waals surface area contributed by atoms with Gasteiger partial charge in [0.2, 0.25) is 0 Å². The van der Waals surface area contributed by atoms with E-state index in [2.05, 4.69) is 9.88 Å². The van der Waals surface area contributed by atoms with Gasteiger partial charge in [0.05, 0.1) is 35.4 Å². The molecule has 0 unspecified atom stereocenters. The minimum Gasteiger partial charge on any atom is -0.449 e. The van der Waals surface area contributed by atoms with Gasteiger partial charge >= 0.3 is 12.3 Å². The van der Waals surface area contributed by atoms with Crippen molar-refractivity contribution >= 4 is 32.8 Å². The van der Waals surface area contributed by atoms with Crippen molar-refractivity contribution in [2.45, 2.75) is 37.4 Å². The van der Waals surface area contributed by atoms with Crippen molar-refractivity contribution in [2.75, 3.05) is 37.7 Å². The summed E-state index contributed by atoms with van der Waals surface area (Å²) in [6.07, 6.45) is -4.54. The predicted molar refractivity (Wildman–Crippen MR) is 136 cm³/mol. The molecular formula is C25H30F3N5O4S. The highest BCUT2D eigenvalue weighted by Gasteiger charge is 2.34. The highest BCUT2D eigenvalue weighted by molar-refractivity contribution is 7.90. The lowest BCUT2D eigenvalue weighted by molar-refractivity contribution is -0.137. The van der Waals surface area contributed by atoms with E-state index in [1.165, 1.54) is 0 Å². The van der Waals surface area contributed by atoms with Crippen LogP contribution in [0.2, 0.25) is 0 Å². The second-order valence-electron chi connectivity index (χ2n) is 9.11. The van der Waals surface area contributed by atoms with Crippen molar-refractivity contribution in [1.82, 2.24) is 19.2 Å². The lowest BCUT2D eigenvalue weighted by Gasteiger charge is -2.36. The van der Waals surface area contributed by atoms with Gasteiger partial charge in [-0.15, -0.1) is 0 Å². The first kappa shape index (κ1) is 27.7. The van der Waals surface area contributed by atoms with E-state index in [4.69, 9.17) is 4.74 Å². The number of carbonyl (C=O) groups is 1. The molecule has 0 saturated carbocycles. The van der Waals surface area contributed by atoms with Crippen LogP contribution in [0, 0.1) is 0 Å². The van der Waals surface area contributed by atoms with Crippen LogP contribution in [-0.2, 0) is 34.5 Å². The lowest BCUT2D eigenvalue weighted by atomic mass is 10.1. The summed E-state index contributed by atoms with van der Waals surface area (Å²) < 4.78 is 75.2. The minimum absolute atomic E-state index is 0.0330. The maximum Gasteiger partial charge on any atom is 0.421 e. The van der Waals surface area contributed by atoms with E-state index in [9.17, 15) is 26.4 Å². The third kappa shape index (κ3) is 6.21. The normalized spacial score (nSPS) is 15.1. The third-order valence-corrected chi connectivity index (χ3v) is 7.84. The molecule has 1 amide bonds. The molecule has 1 saturated heterocycles. The monoisotopic (exact) mass is 553 g/mol. The highest BCUT2D eigenvalue weighted by atomic mass is 32.2. The van der Waals surface area contributed by atoms with Crippen LogP contribution in [0.15, 0.2) is 47.4 Å². The zero-order chi connectivity index (χ0) is 27.5. The fourth-order valence-corrected chi connectivity index (χ4v) is 5.45. The molecule has 0 radical (unpaired) electrons. The Bertz CT molecular complexity index is 1400. The average Bonchev–Trinajstić information content (AvgIpc) is 3.18. The second kappa shape index (κ2) is 11.2. The number of alkyl halides is 3. The molecule has 0 aliphatic carbocycles. The number of anilines is 1. The van der Waals surface area contributed by atoms with E-state index in [0.29, 0.717) is 32.1 Å². The summed E-state index contributed by atoms with van der Waals surface area (Å²) in [6, 6.07) is 10.2. The summed E-state index contributed by atoms with van der Waals surface area (Å²) in [5.41, 5.74) is 0.791. The number of hydrogen-bond donors (Lipinski definition) is 1. The molecule has 3 aromatic rings. The number of hydrogen-bond acceptors (Lipinski definition) is 7. The Labute approximate surface area is 219 Å². The molecule has 4 rings (SSSR count). The summed E-state index contributed by atoms with van der Waals surface area (Å²) >= 11 is 0. The Morgan fingerprint density at radius 3 is 2.47 bits per heavy atom. The topological polar surface area (TPSA) is 96.8 Å². The molecule has 1 aliphatic heterocycles. The van der Waals surface area contributed by atoms with Gasteiger partial charge in [0.25, 0.3) is 10.0 Å². The third-order valence-electron chi connectivity index (χ3n) is 6.48. The predicted octanol–water partition coefficient (Wildman–Crippen LogP) is 4.13. The van der Waals surface area contributed by atoms with Crippen LogP contribution in [0.1, 0.15) is 31.2 Å². The number of halogens is 3. The van der Waals surface area contributed by atoms with Gasteiger partial charge < -0.3 is 14.2 Å². The summed E-state index contributed by atoms with van der Waals surface area (Å²) in [6.45, 7) is 3.98. The van der Waals surface area contributed by atoms with E-state index in [-0.39, 0.29) is 25.4 Å². The average molecular weight is 554 g/mol. The zero-order valence-electron chi connectivity index (χ0n) is 21.2. The molecule has 1 fully saturated rings. The second-order valence-corrected chi connectivity index (χ2v) is 10.8. The van der Waals surface area contributed by atoms with E-state index in [1.54, 1.807) is 4.90 Å². The number of imidazole rings is 1. The Kier molecular flexibility index (Phi) is 8.16. The quantitative estimate of drug-likeness (QED) is 0.419. The fourth-order valence-electron chi connectivity index (χ4n) is 4.36. The zero-order valence-corrected chi connectivity index (χ0v) is 22.0. The summed E-state index contributed by atoms with van der Waals surface area (Å²) in [5.74, 6) is 0.854. The van der Waals surface area contributed by atoms with Crippen molar-refractivity contribution in [3.8, 4) is 0 Å². The maximum absolute atomic E-state index is 13.5. The van der Waals surface area contributed by atoms with Gasteiger partial charge in [0.15, 0.2) is 0 Å². The van der Waals surface area contributed by atoms with Crippen LogP contribution in [0.4, 0.5) is 23.7 Å². The first-order chi connectivity index (χ1) is 18.0. The molecule has 13 heteroatoms. The number of nitrogens with zero attached hydrogens (tertiary/aromatic N) is 4. The van der Waals surface area contributed by atoms with Crippen LogP contribution in [-0.4, -0.2) is 61.7 Å². The fraction of sp³-hybridized carbons (Fsp3) is 0.440. The van der Waals surface area contributed by atoms with Gasteiger partial charge in [0, 0.05) is 33.2 Å². The molecule has 206 valence electrons. The first-order valence-corrected chi connectivity index (χ1v) is 13.8. The number of para-hydroxylation sites is 2. The van der Waals surface area contributed by atoms with Gasteiger partial charge in [-0.05, 0) is 36.8 Å². The lowest BCUT2D eigenvalue weighted by Crippen LogP contribution is -2.47. The van der Waals surface area contributed by atoms with Crippen molar-refractivity contribution < 1.29 is 31.1 Å². The molecular weight excluding hydrogens is 523 g/mol. The SMILES string of the molecule is CCCCOC(=O)NS(=O)(=O)c1ccc(C(F)(F)F)cc1N1CCN(Cc2nc3ccccc3n2C)CC1.